The molecule has 10 nitrogen and oxygen atoms in total. The van der Waals surface area contributed by atoms with Gasteiger partial charge < -0.3 is 29.3 Å². The van der Waals surface area contributed by atoms with Gasteiger partial charge in [0.1, 0.15) is 29.7 Å². The summed E-state index contributed by atoms with van der Waals surface area (Å²) in [5.41, 5.74) is -0.707. The number of carbonyl (C=O) groups is 3. The molecule has 2 aromatic carbocycles. The number of hydrogen-bond acceptors (Lipinski definition) is 9. The second-order valence-electron chi connectivity index (χ2n) is 11.4. The van der Waals surface area contributed by atoms with Crippen molar-refractivity contribution in [3.05, 3.63) is 48.5 Å². The number of hydrogen-bond donors (Lipinski definition) is 2. The first-order valence-electron chi connectivity index (χ1n) is 14.1. The van der Waals surface area contributed by atoms with Crippen LogP contribution in [-0.2, 0) is 18.9 Å². The number of benzene rings is 2. The predicted molar refractivity (Wildman–Crippen MR) is 171 cm³/mol. The SMILES string of the molecule is CSc1ccc(OP(=O)(Oc2ccc(SC)cc2)C(NC(=O)[C@@H]2CCCN2C(=O)CNC(=O)OC(C)(C)C)C(C)C)cc1. The molecule has 1 aliphatic heterocycles. The van der Waals surface area contributed by atoms with E-state index in [0.29, 0.717) is 30.9 Å². The molecule has 1 heterocycles. The minimum absolute atomic E-state index is 0.310. The summed E-state index contributed by atoms with van der Waals surface area (Å²) in [4.78, 5) is 42.2. The first-order chi connectivity index (χ1) is 20.2. The average Bonchev–Trinajstić information content (AvgIpc) is 3.44. The number of amides is 3. The van der Waals surface area contributed by atoms with Gasteiger partial charge in [0.05, 0.1) is 0 Å². The summed E-state index contributed by atoms with van der Waals surface area (Å²) in [7, 11) is -4.08. The fraction of sp³-hybridized carbons (Fsp3) is 0.500. The van der Waals surface area contributed by atoms with Gasteiger partial charge in [-0.1, -0.05) is 13.8 Å². The Balaban J connectivity index is 1.82. The maximum Gasteiger partial charge on any atom is 0.453 e. The molecule has 2 atom stereocenters. The molecule has 0 saturated carbocycles. The van der Waals surface area contributed by atoms with Crippen LogP contribution < -0.4 is 19.7 Å². The minimum Gasteiger partial charge on any atom is -0.444 e. The molecule has 1 saturated heterocycles. The molecular weight excluding hydrogens is 609 g/mol. The Bertz CT molecular complexity index is 1250. The molecule has 2 aromatic rings. The molecule has 0 bridgehead atoms. The molecular formula is C30H42N3O7PS2. The Kier molecular flexibility index (Phi) is 12.3. The highest BCUT2D eigenvalue weighted by atomic mass is 32.2. The van der Waals surface area contributed by atoms with Crippen molar-refractivity contribution in [3.63, 3.8) is 0 Å². The summed E-state index contributed by atoms with van der Waals surface area (Å²) < 4.78 is 32.0. The van der Waals surface area contributed by atoms with Gasteiger partial charge in [0.15, 0.2) is 5.78 Å². The number of thioether (sulfide) groups is 2. The van der Waals surface area contributed by atoms with Crippen molar-refractivity contribution in [2.75, 3.05) is 25.6 Å². The lowest BCUT2D eigenvalue weighted by Crippen LogP contribution is -2.52. The summed E-state index contributed by atoms with van der Waals surface area (Å²) in [6.45, 7) is 8.87. The minimum atomic E-state index is -4.08. The van der Waals surface area contributed by atoms with E-state index in [-0.39, 0.29) is 12.5 Å². The lowest BCUT2D eigenvalue weighted by molar-refractivity contribution is -0.138. The van der Waals surface area contributed by atoms with Crippen molar-refractivity contribution in [1.82, 2.24) is 15.5 Å². The normalized spacial score (nSPS) is 16.0. The number of nitrogens with zero attached hydrogens (tertiary/aromatic N) is 1. The quantitative estimate of drug-likeness (QED) is 0.198. The van der Waals surface area contributed by atoms with Gasteiger partial charge in [0.25, 0.3) is 0 Å². The third-order valence-corrected chi connectivity index (χ3v) is 10.3. The van der Waals surface area contributed by atoms with Crippen LogP contribution in [0.3, 0.4) is 0 Å². The molecule has 236 valence electrons. The highest BCUT2D eigenvalue weighted by molar-refractivity contribution is 7.98. The van der Waals surface area contributed by atoms with E-state index in [1.807, 2.05) is 50.6 Å². The maximum atomic E-state index is 14.6. The Morgan fingerprint density at radius 3 is 1.91 bits per heavy atom. The first kappa shape index (κ1) is 34.7. The molecule has 3 amide bonds. The first-order valence-corrected chi connectivity index (χ1v) is 18.1. The average molecular weight is 652 g/mol. The summed E-state index contributed by atoms with van der Waals surface area (Å²) in [5.74, 6) is -1.59. The van der Waals surface area contributed by atoms with E-state index < -0.39 is 42.9 Å². The fourth-order valence-corrected chi connectivity index (χ4v) is 7.38. The maximum absolute atomic E-state index is 14.6. The Hall–Kier alpha value is -2.82. The van der Waals surface area contributed by atoms with Gasteiger partial charge in [0.2, 0.25) is 11.8 Å². The van der Waals surface area contributed by atoms with E-state index in [2.05, 4.69) is 10.6 Å². The highest BCUT2D eigenvalue weighted by Gasteiger charge is 2.45. The molecule has 43 heavy (non-hydrogen) atoms. The van der Waals surface area contributed by atoms with Crippen molar-refractivity contribution >= 4 is 49.0 Å². The smallest absolute Gasteiger partial charge is 0.444 e. The number of nitrogens with one attached hydrogen (secondary N) is 2. The van der Waals surface area contributed by atoms with Crippen LogP contribution in [-0.4, -0.2) is 65.8 Å². The Labute approximate surface area is 262 Å². The van der Waals surface area contributed by atoms with Crippen molar-refractivity contribution in [2.24, 2.45) is 5.92 Å². The molecule has 13 heteroatoms. The number of rotatable bonds is 12. The molecule has 3 rings (SSSR count). The largest absolute Gasteiger partial charge is 0.453 e. The standard InChI is InChI=1S/C30H42N3O7PS2/c1-20(2)28(32-27(35)25-9-8-18-33(25)26(34)19-31-29(36)38-30(3,4)5)41(37,39-21-10-14-23(42-6)15-11-21)40-22-12-16-24(43-7)17-13-22/h10-17,20,25,28H,8-9,18-19H2,1-7H3,(H,31,36)(H,32,35)/t25-,28?/m0/s1. The molecule has 2 N–H and O–H groups in total. The molecule has 0 aliphatic carbocycles. The van der Waals surface area contributed by atoms with Crippen LogP contribution in [0.1, 0.15) is 47.5 Å². The zero-order chi connectivity index (χ0) is 31.8. The van der Waals surface area contributed by atoms with E-state index in [4.69, 9.17) is 13.8 Å². The highest BCUT2D eigenvalue weighted by Crippen LogP contribution is 2.54. The van der Waals surface area contributed by atoms with Gasteiger partial charge in [-0.25, -0.2) is 9.36 Å². The Morgan fingerprint density at radius 2 is 1.47 bits per heavy atom. The number of alkyl carbamates (subject to hydrolysis) is 1. The van der Waals surface area contributed by atoms with Crippen molar-refractivity contribution in [2.45, 2.75) is 74.7 Å². The molecule has 1 aliphatic rings. The molecule has 1 unspecified atom stereocenters. The van der Waals surface area contributed by atoms with Crippen LogP contribution in [0.2, 0.25) is 0 Å². The molecule has 1 fully saturated rings. The zero-order valence-corrected chi connectivity index (χ0v) is 28.3. The summed E-state index contributed by atoms with van der Waals surface area (Å²) in [6.07, 6.45) is 4.23. The van der Waals surface area contributed by atoms with Crippen LogP contribution in [0.25, 0.3) is 0 Å². The molecule has 0 aromatic heterocycles. The van der Waals surface area contributed by atoms with Gasteiger partial charge in [-0.05, 0) is 101 Å². The number of carbonyl (C=O) groups excluding carboxylic acids is 3. The van der Waals surface area contributed by atoms with Crippen molar-refractivity contribution in [1.29, 1.82) is 0 Å². The molecule has 0 spiro atoms. The molecule has 0 radical (unpaired) electrons. The van der Waals surface area contributed by atoms with E-state index in [0.717, 1.165) is 9.79 Å². The van der Waals surface area contributed by atoms with Gasteiger partial charge >= 0.3 is 13.7 Å². The van der Waals surface area contributed by atoms with Crippen LogP contribution >= 0.6 is 31.1 Å². The topological polar surface area (TPSA) is 123 Å². The predicted octanol–water partition coefficient (Wildman–Crippen LogP) is 6.40. The fourth-order valence-electron chi connectivity index (χ4n) is 4.45. The zero-order valence-electron chi connectivity index (χ0n) is 25.7. The van der Waals surface area contributed by atoms with E-state index in [1.165, 1.54) is 4.90 Å². The second-order valence-corrected chi connectivity index (χ2v) is 15.1. The van der Waals surface area contributed by atoms with Crippen LogP contribution in [0, 0.1) is 5.92 Å². The van der Waals surface area contributed by atoms with E-state index in [9.17, 15) is 18.9 Å². The second kappa shape index (κ2) is 15.3. The lowest BCUT2D eigenvalue weighted by atomic mass is 10.1. The summed E-state index contributed by atoms with van der Waals surface area (Å²) >= 11 is 3.14. The summed E-state index contributed by atoms with van der Waals surface area (Å²) in [5, 5.41) is 5.36. The third kappa shape index (κ3) is 10.1. The lowest BCUT2D eigenvalue weighted by Gasteiger charge is -2.32. The van der Waals surface area contributed by atoms with Crippen LogP contribution in [0.5, 0.6) is 11.5 Å². The Morgan fingerprint density at radius 1 is 0.953 bits per heavy atom. The van der Waals surface area contributed by atoms with Crippen LogP contribution in [0.4, 0.5) is 4.79 Å². The van der Waals surface area contributed by atoms with Crippen LogP contribution in [0.15, 0.2) is 58.3 Å². The van der Waals surface area contributed by atoms with Crippen molar-refractivity contribution < 1.29 is 32.7 Å². The monoisotopic (exact) mass is 651 g/mol. The number of likely N-dealkylation sites (tertiary alicyclic amines) is 1. The van der Waals surface area contributed by atoms with Gasteiger partial charge in [-0.3, -0.25) is 9.59 Å². The van der Waals surface area contributed by atoms with E-state index >= 15 is 0 Å². The van der Waals surface area contributed by atoms with Gasteiger partial charge in [-0.2, -0.15) is 0 Å². The third-order valence-electron chi connectivity index (χ3n) is 6.51. The summed E-state index contributed by atoms with van der Waals surface area (Å²) in [6, 6.07) is 13.5. The van der Waals surface area contributed by atoms with E-state index in [1.54, 1.807) is 68.6 Å². The number of ether oxygens (including phenoxy) is 1. The van der Waals surface area contributed by atoms with Gasteiger partial charge in [-0.15, -0.1) is 23.5 Å². The van der Waals surface area contributed by atoms with Gasteiger partial charge in [0, 0.05) is 16.3 Å². The van der Waals surface area contributed by atoms with Crippen molar-refractivity contribution in [3.8, 4) is 11.5 Å².